The number of rotatable bonds is 12. The number of nitrogens with one attached hydrogen (secondary N) is 2. The molecule has 0 saturated carbocycles. The average Bonchev–Trinajstić information content (AvgIpc) is 2.73. The van der Waals surface area contributed by atoms with Crippen LogP contribution in [0.15, 0.2) is 48.5 Å². The summed E-state index contributed by atoms with van der Waals surface area (Å²) in [6.45, 7) is 9.69. The molecule has 0 radical (unpaired) electrons. The first-order chi connectivity index (χ1) is 14.3. The maximum atomic E-state index is 12.2. The molecule has 1 saturated heterocycles. The van der Waals surface area contributed by atoms with Crippen LogP contribution in [-0.4, -0.2) is 54.1 Å². The first-order valence-electron chi connectivity index (χ1n) is 9.38. The van der Waals surface area contributed by atoms with Crippen molar-refractivity contribution in [2.45, 2.75) is 37.2 Å². The number of amides is 2. The molecule has 1 rings (SSSR count). The lowest BCUT2D eigenvalue weighted by atomic mass is 10.1. The van der Waals surface area contributed by atoms with Crippen LogP contribution in [0.5, 0.6) is 0 Å². The second-order valence-electron chi connectivity index (χ2n) is 6.77. The van der Waals surface area contributed by atoms with E-state index in [1.54, 1.807) is 0 Å². The maximum Gasteiger partial charge on any atom is 0.258 e. The van der Waals surface area contributed by atoms with Gasteiger partial charge in [-0.1, -0.05) is 31.2 Å². The summed E-state index contributed by atoms with van der Waals surface area (Å²) in [6.07, 6.45) is 4.16. The summed E-state index contributed by atoms with van der Waals surface area (Å²) in [6, 6.07) is -0.724. The molecule has 0 aromatic heterocycles. The highest BCUT2D eigenvalue weighted by Gasteiger charge is 2.27. The van der Waals surface area contributed by atoms with E-state index in [1.165, 1.54) is 18.2 Å². The molecule has 10 heteroatoms. The number of hydrogen-bond acceptors (Lipinski definition) is 6. The van der Waals surface area contributed by atoms with Crippen LogP contribution in [0.3, 0.4) is 0 Å². The van der Waals surface area contributed by atoms with Crippen LogP contribution >= 0.6 is 23.6 Å². The number of aliphatic hydroxyl groups excluding tert-OH is 1. The fraction of sp³-hybridized carbons (Fsp3) is 0.500. The Balaban J connectivity index is 2.34. The second kappa shape index (κ2) is 14.2. The Morgan fingerprint density at radius 1 is 1.47 bits per heavy atom. The minimum absolute atomic E-state index is 0.113. The Hall–Kier alpha value is -1.81. The van der Waals surface area contributed by atoms with Gasteiger partial charge in [0.1, 0.15) is 17.3 Å². The van der Waals surface area contributed by atoms with Crippen LogP contribution in [0, 0.1) is 5.92 Å². The van der Waals surface area contributed by atoms with Gasteiger partial charge in [0.25, 0.3) is 5.91 Å². The van der Waals surface area contributed by atoms with Crippen molar-refractivity contribution in [3.8, 4) is 0 Å². The number of ether oxygens (including phenoxy) is 1. The molecule has 168 valence electrons. The molecule has 0 spiro atoms. The summed E-state index contributed by atoms with van der Waals surface area (Å²) in [7, 11) is 0. The third-order valence-electron chi connectivity index (χ3n) is 4.10. The van der Waals surface area contributed by atoms with E-state index < -0.39 is 18.1 Å². The Morgan fingerprint density at radius 2 is 2.20 bits per heavy atom. The number of hydrogen-bond donors (Lipinski definition) is 3. The molecule has 4 atom stereocenters. The molecule has 1 aliphatic heterocycles. The van der Waals surface area contributed by atoms with E-state index in [1.807, 2.05) is 6.92 Å². The summed E-state index contributed by atoms with van der Waals surface area (Å²) < 4.78 is 22.5. The van der Waals surface area contributed by atoms with Crippen molar-refractivity contribution in [3.05, 3.63) is 48.5 Å². The topological polar surface area (TPSA) is 96.9 Å². The number of aliphatic hydroxyl groups is 1. The van der Waals surface area contributed by atoms with Crippen molar-refractivity contribution >= 4 is 35.5 Å². The normalized spacial score (nSPS) is 21.5. The Kier molecular flexibility index (Phi) is 12.4. The molecule has 0 aromatic carbocycles. The minimum Gasteiger partial charge on any atom is -0.484 e. The van der Waals surface area contributed by atoms with Crippen LogP contribution in [0.1, 0.15) is 19.8 Å². The van der Waals surface area contributed by atoms with Crippen LogP contribution < -0.4 is 10.6 Å². The smallest absolute Gasteiger partial charge is 0.258 e. The van der Waals surface area contributed by atoms with Crippen molar-refractivity contribution < 1.29 is 28.0 Å². The van der Waals surface area contributed by atoms with Crippen molar-refractivity contribution in [1.82, 2.24) is 10.6 Å². The molecule has 3 N–H and O–H groups in total. The number of carbonyl (C=O) groups excluding carboxylic acids is 2. The fourth-order valence-electron chi connectivity index (χ4n) is 2.45. The van der Waals surface area contributed by atoms with Gasteiger partial charge in [0, 0.05) is 18.6 Å². The highest BCUT2D eigenvalue weighted by atomic mass is 35.5. The predicted octanol–water partition coefficient (Wildman–Crippen LogP) is 2.73. The molecule has 1 heterocycles. The monoisotopic (exact) mass is 462 g/mol. The molecule has 0 aliphatic carbocycles. The molecule has 30 heavy (non-hydrogen) atoms. The standard InChI is InChI=1S/C20H28ClFN2O5S/c1-4-16(24-19(26)12-28-14(3)5-6-15(21)10-22)17(25)7-8-23-20(27)18-9-13(2)11-29-30-18/h4-6,10,13,16-18,25H,1,3,7-9,11-12H2,2H3,(H,23,27)(H,24,26)/b6-5-,15-10-. The molecule has 4 unspecified atom stereocenters. The zero-order chi connectivity index (χ0) is 22.5. The van der Waals surface area contributed by atoms with Crippen LogP contribution in [-0.2, 0) is 18.5 Å². The van der Waals surface area contributed by atoms with E-state index in [4.69, 9.17) is 20.5 Å². The molecule has 7 nitrogen and oxygen atoms in total. The largest absolute Gasteiger partial charge is 0.484 e. The van der Waals surface area contributed by atoms with Gasteiger partial charge in [0.2, 0.25) is 5.91 Å². The maximum absolute atomic E-state index is 12.2. The first-order valence-corrected chi connectivity index (χ1v) is 10.6. The summed E-state index contributed by atoms with van der Waals surface area (Å²) in [5, 5.41) is 15.2. The highest BCUT2D eigenvalue weighted by molar-refractivity contribution is 7.96. The fourth-order valence-corrected chi connectivity index (χ4v) is 3.57. The van der Waals surface area contributed by atoms with E-state index in [0.717, 1.165) is 18.5 Å². The van der Waals surface area contributed by atoms with E-state index in [-0.39, 0.29) is 47.9 Å². The van der Waals surface area contributed by atoms with Gasteiger partial charge in [-0.2, -0.15) is 0 Å². The first kappa shape index (κ1) is 26.2. The summed E-state index contributed by atoms with van der Waals surface area (Å²) in [4.78, 5) is 24.2. The Labute approximate surface area is 185 Å². The van der Waals surface area contributed by atoms with Crippen LogP contribution in [0.25, 0.3) is 0 Å². The van der Waals surface area contributed by atoms with Gasteiger partial charge in [0.05, 0.1) is 23.8 Å². The van der Waals surface area contributed by atoms with Crippen LogP contribution in [0.2, 0.25) is 0 Å². The highest BCUT2D eigenvalue weighted by Crippen LogP contribution is 2.27. The molecule has 1 aliphatic rings. The van der Waals surface area contributed by atoms with E-state index in [9.17, 15) is 19.1 Å². The zero-order valence-corrected chi connectivity index (χ0v) is 18.4. The Bertz CT molecular complexity index is 674. The van der Waals surface area contributed by atoms with Gasteiger partial charge in [-0.05, 0) is 30.9 Å². The van der Waals surface area contributed by atoms with Gasteiger partial charge < -0.3 is 24.7 Å². The van der Waals surface area contributed by atoms with Gasteiger partial charge in [-0.15, -0.1) is 6.58 Å². The lowest BCUT2D eigenvalue weighted by Crippen LogP contribution is -2.45. The molecule has 0 bridgehead atoms. The average molecular weight is 463 g/mol. The summed E-state index contributed by atoms with van der Waals surface area (Å²) in [5.41, 5.74) is 0. The van der Waals surface area contributed by atoms with Crippen molar-refractivity contribution in [2.24, 2.45) is 5.92 Å². The van der Waals surface area contributed by atoms with Crippen LogP contribution in [0.4, 0.5) is 4.39 Å². The molecule has 0 aromatic rings. The number of halogens is 2. The van der Waals surface area contributed by atoms with Crippen molar-refractivity contribution in [1.29, 1.82) is 0 Å². The third-order valence-corrected chi connectivity index (χ3v) is 5.22. The molecular weight excluding hydrogens is 435 g/mol. The van der Waals surface area contributed by atoms with E-state index in [0.29, 0.717) is 12.5 Å². The van der Waals surface area contributed by atoms with Gasteiger partial charge in [-0.3, -0.25) is 9.59 Å². The molecule has 2 amide bonds. The molecule has 1 fully saturated rings. The van der Waals surface area contributed by atoms with Gasteiger partial charge >= 0.3 is 0 Å². The van der Waals surface area contributed by atoms with Gasteiger partial charge in [-0.25, -0.2) is 4.39 Å². The third kappa shape index (κ3) is 10.3. The number of carbonyl (C=O) groups is 2. The quantitative estimate of drug-likeness (QED) is 0.178. The second-order valence-corrected chi connectivity index (χ2v) is 8.20. The minimum atomic E-state index is -0.947. The summed E-state index contributed by atoms with van der Waals surface area (Å²) >= 11 is 6.62. The van der Waals surface area contributed by atoms with Crippen molar-refractivity contribution in [3.63, 3.8) is 0 Å². The predicted molar refractivity (Wildman–Crippen MR) is 116 cm³/mol. The van der Waals surface area contributed by atoms with Crippen molar-refractivity contribution in [2.75, 3.05) is 19.8 Å². The zero-order valence-electron chi connectivity index (χ0n) is 16.8. The Morgan fingerprint density at radius 3 is 2.83 bits per heavy atom. The SMILES string of the molecule is C=CC(NC(=O)COC(=C)/C=C\C(Cl)=C\F)C(O)CCNC(=O)C1CC(C)COS1. The lowest BCUT2D eigenvalue weighted by molar-refractivity contribution is -0.125. The lowest BCUT2D eigenvalue weighted by Gasteiger charge is -2.25. The molecular formula is C20H28ClFN2O5S. The summed E-state index contributed by atoms with van der Waals surface area (Å²) in [5.74, 6) is -0.212. The van der Waals surface area contributed by atoms with Gasteiger partial charge in [0.15, 0.2) is 6.61 Å². The number of allylic oxidation sites excluding steroid dienone is 3. The van der Waals surface area contributed by atoms with E-state index in [2.05, 4.69) is 23.8 Å². The van der Waals surface area contributed by atoms with E-state index >= 15 is 0 Å².